The van der Waals surface area contributed by atoms with Crippen molar-refractivity contribution in [3.63, 3.8) is 0 Å². The molecule has 0 aromatic heterocycles. The number of benzene rings is 2. The van der Waals surface area contributed by atoms with Crippen LogP contribution in [0.25, 0.3) is 0 Å². The van der Waals surface area contributed by atoms with E-state index in [0.29, 0.717) is 22.3 Å². The van der Waals surface area contributed by atoms with Gasteiger partial charge in [0.15, 0.2) is 0 Å². The third-order valence-electron chi connectivity index (χ3n) is 4.22. The second-order valence-corrected chi connectivity index (χ2v) is 6.98. The Hall–Kier alpha value is -2.04. The molecule has 4 nitrogen and oxygen atoms in total. The van der Waals surface area contributed by atoms with Crippen LogP contribution in [0, 0.1) is 5.92 Å². The van der Waals surface area contributed by atoms with Gasteiger partial charge in [0, 0.05) is 25.1 Å². The van der Waals surface area contributed by atoms with E-state index in [-0.39, 0.29) is 23.7 Å². The smallest absolute Gasteiger partial charge is 0.224 e. The quantitative estimate of drug-likeness (QED) is 0.813. The maximum atomic E-state index is 12.4. The monoisotopic (exact) mass is 376 g/mol. The van der Waals surface area contributed by atoms with Crippen LogP contribution < -0.4 is 10.6 Å². The lowest BCUT2D eigenvalue weighted by atomic mass is 10.1. The van der Waals surface area contributed by atoms with Crippen molar-refractivity contribution in [1.82, 2.24) is 5.32 Å². The first-order chi connectivity index (χ1) is 12.0. The molecule has 0 spiro atoms. The minimum Gasteiger partial charge on any atom is -0.352 e. The maximum Gasteiger partial charge on any atom is 0.224 e. The average molecular weight is 377 g/mol. The van der Waals surface area contributed by atoms with Gasteiger partial charge in [-0.05, 0) is 41.7 Å². The molecule has 2 atom stereocenters. The van der Waals surface area contributed by atoms with Gasteiger partial charge in [-0.3, -0.25) is 9.59 Å². The summed E-state index contributed by atoms with van der Waals surface area (Å²) in [6, 6.07) is 12.9. The second kappa shape index (κ2) is 7.46. The predicted octanol–water partition coefficient (Wildman–Crippen LogP) is 4.37. The summed E-state index contributed by atoms with van der Waals surface area (Å²) >= 11 is 12.3. The van der Waals surface area contributed by atoms with Crippen molar-refractivity contribution in [2.24, 2.45) is 5.92 Å². The van der Waals surface area contributed by atoms with Crippen LogP contribution in [-0.4, -0.2) is 11.8 Å². The molecule has 0 saturated heterocycles. The number of halogens is 2. The zero-order valence-corrected chi connectivity index (χ0v) is 15.2. The minimum atomic E-state index is -0.125. The lowest BCUT2D eigenvalue weighted by Gasteiger charge is -2.08. The van der Waals surface area contributed by atoms with E-state index in [2.05, 4.69) is 10.6 Å². The van der Waals surface area contributed by atoms with E-state index in [1.165, 1.54) is 6.92 Å². The van der Waals surface area contributed by atoms with Crippen LogP contribution in [0.4, 0.5) is 5.69 Å². The molecule has 1 saturated carbocycles. The van der Waals surface area contributed by atoms with E-state index in [4.69, 9.17) is 23.2 Å². The number of nitrogens with one attached hydrogen (secondary N) is 2. The molecule has 2 amide bonds. The number of amides is 2. The Morgan fingerprint density at radius 1 is 1.16 bits per heavy atom. The molecule has 1 fully saturated rings. The summed E-state index contributed by atoms with van der Waals surface area (Å²) in [6.07, 6.45) is 0.776. The summed E-state index contributed by atoms with van der Waals surface area (Å²) in [5, 5.41) is 6.73. The lowest BCUT2D eigenvalue weighted by molar-refractivity contribution is -0.122. The van der Waals surface area contributed by atoms with E-state index in [1.54, 1.807) is 6.07 Å². The Bertz CT molecular complexity index is 823. The fourth-order valence-corrected chi connectivity index (χ4v) is 3.37. The molecule has 130 valence electrons. The van der Waals surface area contributed by atoms with Gasteiger partial charge in [-0.15, -0.1) is 0 Å². The SMILES string of the molecule is CC(=O)Nc1cccc(CNC(=O)C2CC2c2cccc(Cl)c2Cl)c1. The number of hydrogen-bond donors (Lipinski definition) is 2. The van der Waals surface area contributed by atoms with E-state index in [1.807, 2.05) is 36.4 Å². The van der Waals surface area contributed by atoms with Gasteiger partial charge in [0.1, 0.15) is 0 Å². The molecular weight excluding hydrogens is 359 g/mol. The highest BCUT2D eigenvalue weighted by atomic mass is 35.5. The van der Waals surface area contributed by atoms with Gasteiger partial charge in [0.05, 0.1) is 10.0 Å². The third-order valence-corrected chi connectivity index (χ3v) is 5.06. The van der Waals surface area contributed by atoms with Crippen LogP contribution in [0.2, 0.25) is 10.0 Å². The summed E-state index contributed by atoms with van der Waals surface area (Å²) in [4.78, 5) is 23.5. The molecule has 0 radical (unpaired) electrons. The van der Waals surface area contributed by atoms with Gasteiger partial charge in [0.25, 0.3) is 0 Å². The standard InChI is InChI=1S/C19H18Cl2N2O2/c1-11(24)23-13-5-2-4-12(8-13)10-22-19(25)16-9-15(16)14-6-3-7-17(20)18(14)21/h2-8,15-16H,9-10H2,1H3,(H,22,25)(H,23,24). The molecule has 0 aliphatic heterocycles. The topological polar surface area (TPSA) is 58.2 Å². The largest absolute Gasteiger partial charge is 0.352 e. The van der Waals surface area contributed by atoms with Crippen molar-refractivity contribution in [2.75, 3.05) is 5.32 Å². The van der Waals surface area contributed by atoms with E-state index in [0.717, 1.165) is 17.5 Å². The average Bonchev–Trinajstić information content (AvgIpc) is 3.35. The zero-order valence-electron chi connectivity index (χ0n) is 13.7. The Balaban J connectivity index is 1.57. The summed E-state index contributed by atoms with van der Waals surface area (Å²) in [7, 11) is 0. The van der Waals surface area contributed by atoms with Gasteiger partial charge < -0.3 is 10.6 Å². The van der Waals surface area contributed by atoms with E-state index >= 15 is 0 Å². The molecule has 3 rings (SSSR count). The highest BCUT2D eigenvalue weighted by Gasteiger charge is 2.44. The summed E-state index contributed by atoms with van der Waals surface area (Å²) in [5.74, 6) is -0.0715. The Morgan fingerprint density at radius 3 is 2.68 bits per heavy atom. The van der Waals surface area contributed by atoms with Crippen LogP contribution in [0.3, 0.4) is 0 Å². The second-order valence-electron chi connectivity index (χ2n) is 6.19. The zero-order chi connectivity index (χ0) is 18.0. The number of anilines is 1. The predicted molar refractivity (Wildman–Crippen MR) is 99.9 cm³/mol. The van der Waals surface area contributed by atoms with Crippen LogP contribution in [0.5, 0.6) is 0 Å². The van der Waals surface area contributed by atoms with Crippen LogP contribution in [0.1, 0.15) is 30.4 Å². The number of carbonyl (C=O) groups is 2. The molecule has 0 bridgehead atoms. The first kappa shape index (κ1) is 17.8. The Labute approximate surface area is 156 Å². The van der Waals surface area contributed by atoms with Crippen LogP contribution >= 0.6 is 23.2 Å². The minimum absolute atomic E-state index is 0.00553. The first-order valence-corrected chi connectivity index (χ1v) is 8.79. The van der Waals surface area contributed by atoms with Gasteiger partial charge >= 0.3 is 0 Å². The van der Waals surface area contributed by atoms with Crippen LogP contribution in [0.15, 0.2) is 42.5 Å². The van der Waals surface area contributed by atoms with Crippen LogP contribution in [-0.2, 0) is 16.1 Å². The van der Waals surface area contributed by atoms with Gasteiger partial charge in [-0.2, -0.15) is 0 Å². The molecule has 2 aromatic carbocycles. The van der Waals surface area contributed by atoms with Crippen molar-refractivity contribution in [3.05, 3.63) is 63.6 Å². The molecular formula is C19H18Cl2N2O2. The summed E-state index contributed by atoms with van der Waals surface area (Å²) in [5.41, 5.74) is 2.58. The summed E-state index contributed by atoms with van der Waals surface area (Å²) in [6.45, 7) is 1.88. The highest BCUT2D eigenvalue weighted by molar-refractivity contribution is 6.42. The number of rotatable bonds is 5. The fourth-order valence-electron chi connectivity index (χ4n) is 2.92. The number of hydrogen-bond acceptors (Lipinski definition) is 2. The Kier molecular flexibility index (Phi) is 5.30. The molecule has 0 heterocycles. The van der Waals surface area contributed by atoms with Gasteiger partial charge in [-0.1, -0.05) is 47.5 Å². The van der Waals surface area contributed by atoms with Gasteiger partial charge in [-0.25, -0.2) is 0 Å². The molecule has 25 heavy (non-hydrogen) atoms. The molecule has 6 heteroatoms. The number of carbonyl (C=O) groups excluding carboxylic acids is 2. The molecule has 1 aliphatic rings. The fraction of sp³-hybridized carbons (Fsp3) is 0.263. The molecule has 1 aliphatic carbocycles. The lowest BCUT2D eigenvalue weighted by Crippen LogP contribution is -2.25. The highest BCUT2D eigenvalue weighted by Crippen LogP contribution is 2.50. The van der Waals surface area contributed by atoms with Crippen molar-refractivity contribution < 1.29 is 9.59 Å². The molecule has 2 aromatic rings. The molecule has 2 N–H and O–H groups in total. The Morgan fingerprint density at radius 2 is 1.92 bits per heavy atom. The molecule has 2 unspecified atom stereocenters. The van der Waals surface area contributed by atoms with Gasteiger partial charge in [0.2, 0.25) is 11.8 Å². The first-order valence-electron chi connectivity index (χ1n) is 8.04. The van der Waals surface area contributed by atoms with Crippen molar-refractivity contribution in [3.8, 4) is 0 Å². The van der Waals surface area contributed by atoms with Crippen molar-refractivity contribution in [2.45, 2.75) is 25.8 Å². The van der Waals surface area contributed by atoms with E-state index in [9.17, 15) is 9.59 Å². The maximum absolute atomic E-state index is 12.4. The van der Waals surface area contributed by atoms with Crippen molar-refractivity contribution >= 4 is 40.7 Å². The summed E-state index contributed by atoms with van der Waals surface area (Å²) < 4.78 is 0. The van der Waals surface area contributed by atoms with E-state index < -0.39 is 0 Å². The normalized spacial score (nSPS) is 18.5. The van der Waals surface area contributed by atoms with Crippen molar-refractivity contribution in [1.29, 1.82) is 0 Å². The third kappa shape index (κ3) is 4.33.